The van der Waals surface area contributed by atoms with Gasteiger partial charge in [-0.25, -0.2) is 0 Å². The maximum atomic E-state index is 5.09. The van der Waals surface area contributed by atoms with E-state index in [0.717, 1.165) is 0 Å². The number of hydrogen-bond donors (Lipinski definition) is 0. The highest BCUT2D eigenvalue weighted by molar-refractivity contribution is 8.51. The van der Waals surface area contributed by atoms with Crippen LogP contribution < -0.4 is 0 Å². The van der Waals surface area contributed by atoms with Gasteiger partial charge in [-0.1, -0.05) is 0 Å². The van der Waals surface area contributed by atoms with Gasteiger partial charge in [0.1, 0.15) is 0 Å². The first kappa shape index (κ1) is 9.92. The maximum absolute atomic E-state index is 5.09. The highest BCUT2D eigenvalue weighted by atomic mass is 32.9. The van der Waals surface area contributed by atoms with E-state index in [1.54, 1.807) is 0 Å². The van der Waals surface area contributed by atoms with Crippen molar-refractivity contribution in [2.75, 3.05) is 13.2 Å². The molecule has 0 fully saturated rings. The first-order valence-electron chi connectivity index (χ1n) is 2.76. The monoisotopic (exact) mass is 187 g/mol. The Morgan fingerprint density at radius 1 is 1.33 bits per heavy atom. The molecule has 0 amide bonds. The maximum Gasteiger partial charge on any atom is 0.394 e. The number of hydrogen-bond acceptors (Lipinski definition) is 3. The van der Waals surface area contributed by atoms with E-state index in [4.69, 9.17) is 20.9 Å². The summed E-state index contributed by atoms with van der Waals surface area (Å²) in [4.78, 5) is 0. The summed E-state index contributed by atoms with van der Waals surface area (Å²) in [5.41, 5.74) is -2.05. The average molecular weight is 187 g/mol. The van der Waals surface area contributed by atoms with Crippen molar-refractivity contribution in [2.45, 2.75) is 13.8 Å². The smallest absolute Gasteiger partial charge is 0.292 e. The van der Waals surface area contributed by atoms with Gasteiger partial charge in [-0.2, -0.15) is 0 Å². The molecule has 0 bridgehead atoms. The third-order valence-corrected chi connectivity index (χ3v) is 3.20. The predicted octanol–water partition coefficient (Wildman–Crippen LogP) is 1.30. The van der Waals surface area contributed by atoms with Crippen LogP contribution in [0.25, 0.3) is 0 Å². The molecule has 0 heterocycles. The van der Waals surface area contributed by atoms with Gasteiger partial charge in [0.15, 0.2) is 0 Å². The van der Waals surface area contributed by atoms with Gasteiger partial charge < -0.3 is 0 Å². The van der Waals surface area contributed by atoms with Crippen LogP contribution in [-0.2, 0) is 33.1 Å². The van der Waals surface area contributed by atoms with Crippen molar-refractivity contribution in [3.63, 3.8) is 0 Å². The topological polar surface area (TPSA) is 18.5 Å². The normalized spacial score (nSPS) is 11.9. The Morgan fingerprint density at radius 2 is 1.67 bits per heavy atom. The molecule has 0 radical (unpaired) electrons. The van der Waals surface area contributed by atoms with Crippen molar-refractivity contribution < 1.29 is 9.05 Å². The molecule has 0 aromatic carbocycles. The second-order valence-corrected chi connectivity index (χ2v) is 7.03. The van der Waals surface area contributed by atoms with Gasteiger partial charge >= 0.3 is 5.69 Å². The summed E-state index contributed by atoms with van der Waals surface area (Å²) in [6, 6.07) is 0. The SMILES string of the molecule is CCOP(=S)([SH2+])OCC. The average Bonchev–Trinajstić information content (AvgIpc) is 1.64. The van der Waals surface area contributed by atoms with E-state index in [1.165, 1.54) is 0 Å². The predicted molar refractivity (Wildman–Crippen MR) is 47.7 cm³/mol. The van der Waals surface area contributed by atoms with Gasteiger partial charge in [0, 0.05) is 24.1 Å². The zero-order valence-electron chi connectivity index (χ0n) is 5.59. The van der Waals surface area contributed by atoms with E-state index in [2.05, 4.69) is 12.2 Å². The first-order chi connectivity index (χ1) is 4.12. The van der Waals surface area contributed by atoms with Gasteiger partial charge in [0.25, 0.3) is 0 Å². The summed E-state index contributed by atoms with van der Waals surface area (Å²) >= 11 is 8.16. The molecule has 0 rings (SSSR count). The van der Waals surface area contributed by atoms with E-state index in [1.807, 2.05) is 13.8 Å². The molecular weight excluding hydrogens is 175 g/mol. The zero-order chi connectivity index (χ0) is 7.33. The van der Waals surface area contributed by atoms with Crippen LogP contribution in [-0.4, -0.2) is 13.2 Å². The second-order valence-electron chi connectivity index (χ2n) is 1.33. The molecule has 56 valence electrons. The molecule has 0 saturated heterocycles. The molecule has 0 unspecified atom stereocenters. The van der Waals surface area contributed by atoms with Crippen molar-refractivity contribution in [3.8, 4) is 0 Å². The summed E-state index contributed by atoms with van der Waals surface area (Å²) in [6.07, 6.45) is 0. The molecule has 0 aromatic rings. The Kier molecular flexibility index (Phi) is 5.17. The van der Waals surface area contributed by atoms with E-state index >= 15 is 0 Å². The van der Waals surface area contributed by atoms with Gasteiger partial charge in [0.2, 0.25) is 0 Å². The van der Waals surface area contributed by atoms with Crippen molar-refractivity contribution >= 4 is 29.7 Å². The highest BCUT2D eigenvalue weighted by Gasteiger charge is 2.17. The van der Waals surface area contributed by atoms with Gasteiger partial charge in [-0.05, 0) is 13.8 Å². The van der Waals surface area contributed by atoms with Crippen LogP contribution in [0.15, 0.2) is 0 Å². The Hall–Kier alpha value is 0.920. The van der Waals surface area contributed by atoms with Gasteiger partial charge in [-0.15, -0.1) is 0 Å². The first-order valence-corrected chi connectivity index (χ1v) is 6.74. The third-order valence-electron chi connectivity index (χ3n) is 0.598. The summed E-state index contributed by atoms with van der Waals surface area (Å²) in [7, 11) is 0. The molecule has 0 aromatic heterocycles. The summed E-state index contributed by atoms with van der Waals surface area (Å²) in [5.74, 6) is 0. The second kappa shape index (κ2) is 4.69. The Balaban J connectivity index is 3.58. The van der Waals surface area contributed by atoms with E-state index < -0.39 is 5.69 Å². The molecule has 5 heteroatoms. The molecule has 0 aliphatic heterocycles. The summed E-state index contributed by atoms with van der Waals surface area (Å²) < 4.78 is 10.2. The lowest BCUT2D eigenvalue weighted by Crippen LogP contribution is -1.90. The Bertz CT molecular complexity index is 107. The minimum Gasteiger partial charge on any atom is -0.292 e. The third kappa shape index (κ3) is 5.37. The minimum atomic E-state index is -2.05. The molecule has 9 heavy (non-hydrogen) atoms. The number of rotatable bonds is 4. The van der Waals surface area contributed by atoms with Crippen LogP contribution in [0.2, 0.25) is 0 Å². The van der Waals surface area contributed by atoms with Gasteiger partial charge in [0.05, 0.1) is 13.2 Å². The van der Waals surface area contributed by atoms with Crippen LogP contribution >= 0.6 is 5.69 Å². The Morgan fingerprint density at radius 3 is 1.89 bits per heavy atom. The molecule has 0 aliphatic rings. The van der Waals surface area contributed by atoms with E-state index in [9.17, 15) is 0 Å². The zero-order valence-corrected chi connectivity index (χ0v) is 8.30. The standard InChI is InChI=1S/C4H11O2PS2/c1-3-5-7(8,9)6-4-2/h3-4H2,1-2H3,(H,8,9)/p+1. The van der Waals surface area contributed by atoms with Gasteiger partial charge in [-0.3, -0.25) is 9.05 Å². The van der Waals surface area contributed by atoms with E-state index in [0.29, 0.717) is 13.2 Å². The van der Waals surface area contributed by atoms with Crippen LogP contribution in [0.5, 0.6) is 0 Å². The Labute approximate surface area is 66.3 Å². The summed E-state index contributed by atoms with van der Waals surface area (Å²) in [6.45, 7) is 4.97. The van der Waals surface area contributed by atoms with Crippen molar-refractivity contribution in [3.05, 3.63) is 0 Å². The van der Waals surface area contributed by atoms with Crippen molar-refractivity contribution in [1.82, 2.24) is 0 Å². The lowest BCUT2D eigenvalue weighted by molar-refractivity contribution is 0.281. The van der Waals surface area contributed by atoms with Crippen LogP contribution in [0, 0.1) is 0 Å². The molecular formula is C4H12O2PS2+. The minimum absolute atomic E-state index is 0.598. The summed E-state index contributed by atoms with van der Waals surface area (Å²) in [5, 5.41) is 0. The lowest BCUT2D eigenvalue weighted by atomic mass is 10.9. The molecule has 0 spiro atoms. The van der Waals surface area contributed by atoms with Crippen LogP contribution in [0.3, 0.4) is 0 Å². The van der Waals surface area contributed by atoms with Crippen molar-refractivity contribution in [2.24, 2.45) is 0 Å². The molecule has 2 nitrogen and oxygen atoms in total. The highest BCUT2D eigenvalue weighted by Crippen LogP contribution is 2.45. The largest absolute Gasteiger partial charge is 0.394 e. The molecule has 0 N–H and O–H groups in total. The molecule has 0 saturated carbocycles. The quantitative estimate of drug-likeness (QED) is 0.488. The molecule has 0 atom stereocenters. The van der Waals surface area contributed by atoms with Crippen molar-refractivity contribution in [1.29, 1.82) is 0 Å². The lowest BCUT2D eigenvalue weighted by Gasteiger charge is -2.06. The molecule has 0 aliphatic carbocycles. The van der Waals surface area contributed by atoms with Crippen LogP contribution in [0.4, 0.5) is 0 Å². The fraction of sp³-hybridized carbons (Fsp3) is 1.00. The fourth-order valence-electron chi connectivity index (χ4n) is 0.377. The van der Waals surface area contributed by atoms with E-state index in [-0.39, 0.29) is 0 Å². The van der Waals surface area contributed by atoms with Crippen LogP contribution in [0.1, 0.15) is 13.8 Å². The fourth-order valence-corrected chi connectivity index (χ4v) is 2.54.